The number of H-pyrrole nitrogens is 3. The highest BCUT2D eigenvalue weighted by Crippen LogP contribution is 2.22. The molecular formula is C17H19N5O4S. The first-order valence-electron chi connectivity index (χ1n) is 8.56. The van der Waals surface area contributed by atoms with Crippen molar-refractivity contribution in [3.8, 4) is 5.88 Å². The molecule has 0 aromatic carbocycles. The Morgan fingerprint density at radius 1 is 1.22 bits per heavy atom. The minimum absolute atomic E-state index is 0.102. The first-order valence-corrected chi connectivity index (χ1v) is 8.96. The number of hydrogen-bond acceptors (Lipinski definition) is 6. The molecule has 142 valence electrons. The maximum absolute atomic E-state index is 12.1. The second kappa shape index (κ2) is 8.12. The Hall–Kier alpha value is -3.01. The molecule has 0 aliphatic heterocycles. The van der Waals surface area contributed by atoms with Gasteiger partial charge in [-0.1, -0.05) is 11.6 Å². The fraction of sp³-hybridized carbons (Fsp3) is 0.353. The summed E-state index contributed by atoms with van der Waals surface area (Å²) >= 11 is 5.15. The third-order valence-electron chi connectivity index (χ3n) is 4.38. The van der Waals surface area contributed by atoms with Crippen LogP contribution in [-0.4, -0.2) is 30.8 Å². The van der Waals surface area contributed by atoms with Crippen LogP contribution in [0, 0.1) is 4.77 Å². The normalized spacial score (nSPS) is 14.4. The Kier molecular flexibility index (Phi) is 5.65. The van der Waals surface area contributed by atoms with Crippen LogP contribution in [0.2, 0.25) is 0 Å². The van der Waals surface area contributed by atoms with Crippen molar-refractivity contribution in [1.82, 2.24) is 19.5 Å². The summed E-state index contributed by atoms with van der Waals surface area (Å²) in [5.41, 5.74) is -0.895. The van der Waals surface area contributed by atoms with Crippen molar-refractivity contribution in [2.75, 3.05) is 0 Å². The lowest BCUT2D eigenvalue weighted by molar-refractivity contribution is 0.402. The summed E-state index contributed by atoms with van der Waals surface area (Å²) in [6.07, 6.45) is 9.56. The second-order valence-corrected chi connectivity index (χ2v) is 6.61. The Balaban J connectivity index is 1.91. The lowest BCUT2D eigenvalue weighted by atomic mass is 9.97. The molecule has 0 radical (unpaired) electrons. The molecule has 1 aliphatic rings. The van der Waals surface area contributed by atoms with Gasteiger partial charge in [-0.15, -0.1) is 0 Å². The van der Waals surface area contributed by atoms with Gasteiger partial charge >= 0.3 is 5.69 Å². The molecule has 2 heterocycles. The number of hydrogen-bond donors (Lipinski definition) is 4. The topological polar surface area (TPSA) is 136 Å². The van der Waals surface area contributed by atoms with E-state index < -0.39 is 16.8 Å². The Bertz CT molecular complexity index is 1140. The smallest absolute Gasteiger partial charge is 0.325 e. The number of aromatic hydroxyl groups is 1. The van der Waals surface area contributed by atoms with Gasteiger partial charge < -0.3 is 10.1 Å². The van der Waals surface area contributed by atoms with E-state index in [-0.39, 0.29) is 21.9 Å². The van der Waals surface area contributed by atoms with E-state index in [1.54, 1.807) is 0 Å². The summed E-state index contributed by atoms with van der Waals surface area (Å²) in [5.74, 6) is -0.315. The molecule has 27 heavy (non-hydrogen) atoms. The van der Waals surface area contributed by atoms with Gasteiger partial charge in [0.25, 0.3) is 11.1 Å². The minimum Gasteiger partial charge on any atom is -0.494 e. The van der Waals surface area contributed by atoms with Crippen LogP contribution >= 0.6 is 12.2 Å². The van der Waals surface area contributed by atoms with Gasteiger partial charge in [0, 0.05) is 19.0 Å². The SMILES string of the molecule is O=c1[nH]cc(N=Cc2c(O)n(CCC3=CCCCC3)c(=S)[nH]c2=O)c(=O)[nH]1. The molecule has 2 aromatic rings. The first-order chi connectivity index (χ1) is 13.0. The summed E-state index contributed by atoms with van der Waals surface area (Å²) in [6.45, 7) is 0.424. The van der Waals surface area contributed by atoms with Crippen LogP contribution in [0.25, 0.3) is 0 Å². The van der Waals surface area contributed by atoms with E-state index in [0.29, 0.717) is 6.54 Å². The Labute approximate surface area is 158 Å². The molecule has 10 heteroatoms. The largest absolute Gasteiger partial charge is 0.494 e. The molecule has 9 nitrogen and oxygen atoms in total. The zero-order chi connectivity index (χ0) is 19.4. The summed E-state index contributed by atoms with van der Waals surface area (Å²) in [6, 6.07) is 0. The minimum atomic E-state index is -0.706. The average molecular weight is 389 g/mol. The highest BCUT2D eigenvalue weighted by Gasteiger charge is 2.12. The molecule has 1 aliphatic carbocycles. The molecule has 0 fully saturated rings. The lowest BCUT2D eigenvalue weighted by Gasteiger charge is -2.15. The predicted molar refractivity (Wildman–Crippen MR) is 104 cm³/mol. The van der Waals surface area contributed by atoms with Crippen LogP contribution in [0.15, 0.2) is 37.2 Å². The molecule has 3 rings (SSSR count). The van der Waals surface area contributed by atoms with Gasteiger partial charge in [0.2, 0.25) is 5.88 Å². The number of rotatable bonds is 5. The van der Waals surface area contributed by atoms with Crippen LogP contribution in [0.5, 0.6) is 5.88 Å². The van der Waals surface area contributed by atoms with Crippen LogP contribution < -0.4 is 16.8 Å². The third kappa shape index (κ3) is 4.40. The summed E-state index contributed by atoms with van der Waals surface area (Å²) in [5, 5.41) is 10.5. The molecule has 0 bridgehead atoms. The molecule has 0 unspecified atom stereocenters. The standard InChI is InChI=1S/C17H19N5O4S/c23-13-11(8-18-12-9-19-16(26)20-14(12)24)15(25)22(17(27)21-13)7-6-10-4-2-1-3-5-10/h4,8-9,25H,1-3,5-7H2,(H,21,23,27)(H2,19,20,24,26). The van der Waals surface area contributed by atoms with Crippen LogP contribution in [0.3, 0.4) is 0 Å². The quantitative estimate of drug-likeness (QED) is 0.350. The van der Waals surface area contributed by atoms with Gasteiger partial charge in [0.15, 0.2) is 4.77 Å². The maximum atomic E-state index is 12.1. The highest BCUT2D eigenvalue weighted by atomic mass is 32.1. The van der Waals surface area contributed by atoms with Gasteiger partial charge in [0.05, 0.1) is 0 Å². The van der Waals surface area contributed by atoms with Crippen molar-refractivity contribution in [3.05, 3.63) is 59.4 Å². The zero-order valence-corrected chi connectivity index (χ0v) is 15.3. The summed E-state index contributed by atoms with van der Waals surface area (Å²) in [7, 11) is 0. The number of aromatic amines is 3. The Morgan fingerprint density at radius 2 is 2.04 bits per heavy atom. The number of aromatic nitrogens is 4. The number of allylic oxidation sites excluding steroid dienone is 2. The molecular weight excluding hydrogens is 370 g/mol. The van der Waals surface area contributed by atoms with Crippen molar-refractivity contribution >= 4 is 24.1 Å². The van der Waals surface area contributed by atoms with Crippen molar-refractivity contribution in [2.24, 2.45) is 4.99 Å². The van der Waals surface area contributed by atoms with Crippen molar-refractivity contribution in [3.63, 3.8) is 0 Å². The summed E-state index contributed by atoms with van der Waals surface area (Å²) in [4.78, 5) is 45.5. The average Bonchev–Trinajstić information content (AvgIpc) is 2.63. The first kappa shape index (κ1) is 18.8. The van der Waals surface area contributed by atoms with E-state index >= 15 is 0 Å². The van der Waals surface area contributed by atoms with E-state index in [1.807, 2.05) is 4.98 Å². The third-order valence-corrected chi connectivity index (χ3v) is 4.70. The predicted octanol–water partition coefficient (Wildman–Crippen LogP) is 1.63. The second-order valence-electron chi connectivity index (χ2n) is 6.22. The van der Waals surface area contributed by atoms with Gasteiger partial charge in [-0.25, -0.2) is 9.79 Å². The van der Waals surface area contributed by atoms with Crippen molar-refractivity contribution in [2.45, 2.75) is 38.6 Å². The molecule has 0 atom stereocenters. The van der Waals surface area contributed by atoms with E-state index in [4.69, 9.17) is 12.2 Å². The van der Waals surface area contributed by atoms with Crippen molar-refractivity contribution in [1.29, 1.82) is 0 Å². The molecule has 0 saturated heterocycles. The fourth-order valence-corrected chi connectivity index (χ4v) is 3.19. The molecule has 0 spiro atoms. The highest BCUT2D eigenvalue weighted by molar-refractivity contribution is 7.71. The zero-order valence-electron chi connectivity index (χ0n) is 14.4. The fourth-order valence-electron chi connectivity index (χ4n) is 2.92. The molecule has 2 aromatic heterocycles. The van der Waals surface area contributed by atoms with Crippen LogP contribution in [0.4, 0.5) is 5.69 Å². The monoisotopic (exact) mass is 389 g/mol. The number of aliphatic imine (C=N–C) groups is 1. The van der Waals surface area contributed by atoms with Crippen LogP contribution in [-0.2, 0) is 6.54 Å². The van der Waals surface area contributed by atoms with Crippen LogP contribution in [0.1, 0.15) is 37.7 Å². The molecule has 0 amide bonds. The number of nitrogens with one attached hydrogen (secondary N) is 3. The van der Waals surface area contributed by atoms with Gasteiger partial charge in [-0.2, -0.15) is 0 Å². The maximum Gasteiger partial charge on any atom is 0.325 e. The van der Waals surface area contributed by atoms with E-state index in [0.717, 1.165) is 38.1 Å². The van der Waals surface area contributed by atoms with Crippen molar-refractivity contribution < 1.29 is 5.11 Å². The Morgan fingerprint density at radius 3 is 2.74 bits per heavy atom. The van der Waals surface area contributed by atoms with E-state index in [2.05, 4.69) is 21.0 Å². The molecule has 0 saturated carbocycles. The summed E-state index contributed by atoms with van der Waals surface area (Å²) < 4.78 is 1.55. The molecule has 4 N–H and O–H groups in total. The van der Waals surface area contributed by atoms with Gasteiger partial charge in [0.1, 0.15) is 11.3 Å². The van der Waals surface area contributed by atoms with Gasteiger partial charge in [-0.3, -0.25) is 24.1 Å². The van der Waals surface area contributed by atoms with Gasteiger partial charge in [-0.05, 0) is 44.3 Å². The number of nitrogens with zero attached hydrogens (tertiary/aromatic N) is 2. The lowest BCUT2D eigenvalue weighted by Crippen LogP contribution is -2.21. The van der Waals surface area contributed by atoms with E-state index in [9.17, 15) is 19.5 Å². The van der Waals surface area contributed by atoms with E-state index in [1.165, 1.54) is 16.6 Å².